The molecule has 0 aliphatic carbocycles. The summed E-state index contributed by atoms with van der Waals surface area (Å²) in [6, 6.07) is 5.02. The first-order valence-corrected chi connectivity index (χ1v) is 6.81. The molecule has 1 nitrogen and oxygen atoms in total. The molecule has 1 aromatic rings. The van der Waals surface area contributed by atoms with Crippen LogP contribution in [0, 0.1) is 11.7 Å². The van der Waals surface area contributed by atoms with Gasteiger partial charge >= 0.3 is 0 Å². The first-order valence-electron chi connectivity index (χ1n) is 5.69. The van der Waals surface area contributed by atoms with E-state index in [2.05, 4.69) is 29.8 Å². The second-order valence-corrected chi connectivity index (χ2v) is 4.42. The van der Waals surface area contributed by atoms with Gasteiger partial charge in [-0.2, -0.15) is 0 Å². The Hall–Kier alpha value is -0.570. The molecule has 16 heavy (non-hydrogen) atoms. The molecular formula is C13H18BrFO. The molecule has 0 atom stereocenters. The third-order valence-corrected chi connectivity index (χ3v) is 3.41. The number of rotatable bonds is 6. The number of halogens is 2. The van der Waals surface area contributed by atoms with Gasteiger partial charge in [0.05, 0.1) is 6.61 Å². The summed E-state index contributed by atoms with van der Waals surface area (Å²) < 4.78 is 19.1. The van der Waals surface area contributed by atoms with Crippen molar-refractivity contribution in [2.75, 3.05) is 6.61 Å². The summed E-state index contributed by atoms with van der Waals surface area (Å²) in [6.07, 6.45) is 2.13. The quantitative estimate of drug-likeness (QED) is 0.699. The molecule has 0 fully saturated rings. The molecule has 0 aliphatic heterocycles. The summed E-state index contributed by atoms with van der Waals surface area (Å²) in [7, 11) is 0. The van der Waals surface area contributed by atoms with Crippen LogP contribution in [0.15, 0.2) is 18.2 Å². The third kappa shape index (κ3) is 3.48. The van der Waals surface area contributed by atoms with Crippen molar-refractivity contribution >= 4 is 15.9 Å². The van der Waals surface area contributed by atoms with E-state index in [1.165, 1.54) is 6.07 Å². The second-order valence-electron chi connectivity index (χ2n) is 3.86. The average molecular weight is 289 g/mol. The highest BCUT2D eigenvalue weighted by Gasteiger charge is 2.11. The maximum Gasteiger partial charge on any atom is 0.165 e. The molecule has 0 aliphatic rings. The Balaban J connectivity index is 2.72. The van der Waals surface area contributed by atoms with E-state index in [-0.39, 0.29) is 5.82 Å². The fourth-order valence-electron chi connectivity index (χ4n) is 1.55. The van der Waals surface area contributed by atoms with Crippen molar-refractivity contribution in [2.24, 2.45) is 5.92 Å². The van der Waals surface area contributed by atoms with E-state index in [1.807, 2.05) is 6.07 Å². The van der Waals surface area contributed by atoms with Gasteiger partial charge in [0.25, 0.3) is 0 Å². The van der Waals surface area contributed by atoms with Crippen LogP contribution in [0.25, 0.3) is 0 Å². The van der Waals surface area contributed by atoms with Crippen LogP contribution in [0.1, 0.15) is 32.3 Å². The zero-order chi connectivity index (χ0) is 12.0. The highest BCUT2D eigenvalue weighted by molar-refractivity contribution is 9.08. The molecule has 0 amide bonds. The normalized spacial score (nSPS) is 10.8. The summed E-state index contributed by atoms with van der Waals surface area (Å²) in [5.74, 6) is 0.622. The lowest BCUT2D eigenvalue weighted by Crippen LogP contribution is -2.11. The van der Waals surface area contributed by atoms with Crippen molar-refractivity contribution in [2.45, 2.75) is 32.0 Å². The molecule has 0 aromatic heterocycles. The predicted molar refractivity (Wildman–Crippen MR) is 68.6 cm³/mol. The minimum Gasteiger partial charge on any atom is -0.490 e. The number of hydrogen-bond acceptors (Lipinski definition) is 1. The van der Waals surface area contributed by atoms with E-state index in [0.29, 0.717) is 23.6 Å². The standard InChI is InChI=1S/C13H18BrFO/c1-3-10(4-2)9-16-13-11(8-14)6-5-7-12(13)15/h5-7,10H,3-4,8-9H2,1-2H3. The summed E-state index contributed by atoms with van der Waals surface area (Å²) in [5, 5.41) is 0.614. The number of alkyl halides is 1. The molecule has 1 rings (SSSR count). The van der Waals surface area contributed by atoms with Crippen LogP contribution < -0.4 is 4.74 Å². The van der Waals surface area contributed by atoms with E-state index in [9.17, 15) is 4.39 Å². The molecule has 0 N–H and O–H groups in total. The molecule has 3 heteroatoms. The Morgan fingerprint density at radius 3 is 2.56 bits per heavy atom. The van der Waals surface area contributed by atoms with Crippen molar-refractivity contribution in [3.05, 3.63) is 29.6 Å². The van der Waals surface area contributed by atoms with Crippen LogP contribution in [-0.2, 0) is 5.33 Å². The molecule has 0 spiro atoms. The van der Waals surface area contributed by atoms with Crippen molar-refractivity contribution in [1.82, 2.24) is 0 Å². The molecule has 90 valence electrons. The first kappa shape index (κ1) is 13.5. The number of hydrogen-bond donors (Lipinski definition) is 0. The molecule has 1 aromatic carbocycles. The van der Waals surface area contributed by atoms with E-state index in [1.54, 1.807) is 6.07 Å². The molecular weight excluding hydrogens is 271 g/mol. The molecule has 0 saturated carbocycles. The highest BCUT2D eigenvalue weighted by atomic mass is 79.9. The van der Waals surface area contributed by atoms with Crippen LogP contribution in [0.4, 0.5) is 4.39 Å². The van der Waals surface area contributed by atoms with Crippen molar-refractivity contribution in [3.8, 4) is 5.75 Å². The number of ether oxygens (including phenoxy) is 1. The van der Waals surface area contributed by atoms with Gasteiger partial charge in [0.1, 0.15) is 0 Å². The summed E-state index contributed by atoms with van der Waals surface area (Å²) >= 11 is 3.34. The summed E-state index contributed by atoms with van der Waals surface area (Å²) in [4.78, 5) is 0. The molecule has 0 saturated heterocycles. The fraction of sp³-hybridized carbons (Fsp3) is 0.538. The van der Waals surface area contributed by atoms with E-state index >= 15 is 0 Å². The fourth-order valence-corrected chi connectivity index (χ4v) is 1.99. The summed E-state index contributed by atoms with van der Waals surface area (Å²) in [5.41, 5.74) is 0.867. The lowest BCUT2D eigenvalue weighted by molar-refractivity contribution is 0.230. The number of benzene rings is 1. The van der Waals surface area contributed by atoms with E-state index in [4.69, 9.17) is 4.74 Å². The predicted octanol–water partition coefficient (Wildman–Crippen LogP) is 4.54. The molecule has 0 bridgehead atoms. The van der Waals surface area contributed by atoms with Crippen LogP contribution in [0.5, 0.6) is 5.75 Å². The third-order valence-electron chi connectivity index (χ3n) is 2.81. The van der Waals surface area contributed by atoms with Crippen LogP contribution in [0.2, 0.25) is 0 Å². The van der Waals surface area contributed by atoms with Crippen molar-refractivity contribution in [3.63, 3.8) is 0 Å². The van der Waals surface area contributed by atoms with Crippen LogP contribution in [0.3, 0.4) is 0 Å². The van der Waals surface area contributed by atoms with Crippen LogP contribution >= 0.6 is 15.9 Å². The Kier molecular flexibility index (Phi) is 5.81. The lowest BCUT2D eigenvalue weighted by Gasteiger charge is -2.16. The van der Waals surface area contributed by atoms with Gasteiger partial charge in [-0.1, -0.05) is 54.8 Å². The highest BCUT2D eigenvalue weighted by Crippen LogP contribution is 2.25. The maximum atomic E-state index is 13.5. The van der Waals surface area contributed by atoms with Crippen LogP contribution in [-0.4, -0.2) is 6.61 Å². The Bertz CT molecular complexity index is 324. The largest absolute Gasteiger partial charge is 0.490 e. The number of para-hydroxylation sites is 1. The maximum absolute atomic E-state index is 13.5. The van der Waals surface area contributed by atoms with E-state index < -0.39 is 0 Å². The Labute approximate surface area is 105 Å². The molecule has 0 radical (unpaired) electrons. The van der Waals surface area contributed by atoms with Gasteiger partial charge in [-0.05, 0) is 12.0 Å². The SMILES string of the molecule is CCC(CC)COc1c(F)cccc1CBr. The van der Waals surface area contributed by atoms with Crippen molar-refractivity contribution < 1.29 is 9.13 Å². The van der Waals surface area contributed by atoms with Gasteiger partial charge < -0.3 is 4.74 Å². The minimum absolute atomic E-state index is 0.275. The molecule has 0 unspecified atom stereocenters. The first-order chi connectivity index (χ1) is 7.72. The lowest BCUT2D eigenvalue weighted by atomic mass is 10.1. The zero-order valence-corrected chi connectivity index (χ0v) is 11.4. The van der Waals surface area contributed by atoms with Gasteiger partial charge in [-0.15, -0.1) is 0 Å². The average Bonchev–Trinajstić information content (AvgIpc) is 2.31. The van der Waals surface area contributed by atoms with Gasteiger partial charge in [-0.25, -0.2) is 4.39 Å². The zero-order valence-electron chi connectivity index (χ0n) is 9.80. The van der Waals surface area contributed by atoms with Gasteiger partial charge in [0.2, 0.25) is 0 Å². The molecule has 0 heterocycles. The van der Waals surface area contributed by atoms with Gasteiger partial charge in [-0.3, -0.25) is 0 Å². The Morgan fingerprint density at radius 1 is 1.31 bits per heavy atom. The second kappa shape index (κ2) is 6.89. The van der Waals surface area contributed by atoms with E-state index in [0.717, 1.165) is 18.4 Å². The Morgan fingerprint density at radius 2 is 2.00 bits per heavy atom. The summed E-state index contributed by atoms with van der Waals surface area (Å²) in [6.45, 7) is 4.85. The van der Waals surface area contributed by atoms with Gasteiger partial charge in [0.15, 0.2) is 11.6 Å². The smallest absolute Gasteiger partial charge is 0.165 e. The monoisotopic (exact) mass is 288 g/mol. The topological polar surface area (TPSA) is 9.23 Å². The minimum atomic E-state index is -0.275. The van der Waals surface area contributed by atoms with Gasteiger partial charge in [0, 0.05) is 10.9 Å². The van der Waals surface area contributed by atoms with Crippen molar-refractivity contribution in [1.29, 1.82) is 0 Å².